The number of thioether (sulfide) groups is 2. The maximum absolute atomic E-state index is 2.51. The lowest BCUT2D eigenvalue weighted by atomic mass is 9.95. The van der Waals surface area contributed by atoms with Crippen molar-refractivity contribution in [1.82, 2.24) is 0 Å². The fourth-order valence-corrected chi connectivity index (χ4v) is 5.70. The molecule has 2 saturated heterocycles. The molecule has 0 radical (unpaired) electrons. The molecular weight excluding hydrogens is 208 g/mol. The van der Waals surface area contributed by atoms with Gasteiger partial charge >= 0.3 is 0 Å². The Balaban J connectivity index is 1.82. The van der Waals surface area contributed by atoms with E-state index in [1.165, 1.54) is 50.0 Å². The number of hydrogen-bond donors (Lipinski definition) is 0. The first-order chi connectivity index (χ1) is 6.88. The molecule has 14 heavy (non-hydrogen) atoms. The summed E-state index contributed by atoms with van der Waals surface area (Å²) in [7, 11) is 0. The highest BCUT2D eigenvalue weighted by molar-refractivity contribution is 8.00. The predicted molar refractivity (Wildman–Crippen MR) is 69.4 cm³/mol. The fourth-order valence-electron chi connectivity index (χ4n) is 2.60. The average molecular weight is 230 g/mol. The second-order valence-electron chi connectivity index (χ2n) is 4.67. The van der Waals surface area contributed by atoms with Gasteiger partial charge in [-0.05, 0) is 43.1 Å². The normalized spacial score (nSPS) is 36.6. The van der Waals surface area contributed by atoms with Crippen LogP contribution in [0.1, 0.15) is 45.4 Å². The van der Waals surface area contributed by atoms with Crippen molar-refractivity contribution < 1.29 is 0 Å². The summed E-state index contributed by atoms with van der Waals surface area (Å²) in [5.41, 5.74) is 0. The summed E-state index contributed by atoms with van der Waals surface area (Å²) in [5.74, 6) is 3.81. The molecule has 2 aliphatic heterocycles. The molecule has 2 heterocycles. The molecule has 0 bridgehead atoms. The topological polar surface area (TPSA) is 0 Å². The summed E-state index contributed by atoms with van der Waals surface area (Å²) < 4.78 is 0. The van der Waals surface area contributed by atoms with Crippen molar-refractivity contribution in [3.63, 3.8) is 0 Å². The smallest absolute Gasteiger partial charge is 0.00832 e. The summed E-state index contributed by atoms with van der Waals surface area (Å²) in [4.78, 5) is 0. The van der Waals surface area contributed by atoms with Crippen LogP contribution in [0, 0.1) is 5.92 Å². The second-order valence-corrected chi connectivity index (χ2v) is 7.36. The summed E-state index contributed by atoms with van der Waals surface area (Å²) in [6.07, 6.45) is 8.88. The van der Waals surface area contributed by atoms with Gasteiger partial charge in [0, 0.05) is 10.5 Å². The Hall–Kier alpha value is 0.700. The highest BCUT2D eigenvalue weighted by atomic mass is 32.2. The highest BCUT2D eigenvalue weighted by Crippen LogP contribution is 2.39. The lowest BCUT2D eigenvalue weighted by Gasteiger charge is -2.34. The zero-order valence-electron chi connectivity index (χ0n) is 9.21. The van der Waals surface area contributed by atoms with Crippen LogP contribution >= 0.6 is 23.5 Å². The van der Waals surface area contributed by atoms with Crippen molar-refractivity contribution in [2.75, 3.05) is 11.5 Å². The zero-order valence-corrected chi connectivity index (χ0v) is 10.8. The summed E-state index contributed by atoms with van der Waals surface area (Å²) in [6, 6.07) is 0. The van der Waals surface area contributed by atoms with Crippen molar-refractivity contribution in [3.05, 3.63) is 0 Å². The Morgan fingerprint density at radius 2 is 1.36 bits per heavy atom. The largest absolute Gasteiger partial charge is 0.158 e. The van der Waals surface area contributed by atoms with Crippen LogP contribution in [-0.4, -0.2) is 22.0 Å². The Bertz CT molecular complexity index is 140. The maximum atomic E-state index is 2.51. The van der Waals surface area contributed by atoms with E-state index in [9.17, 15) is 0 Å². The molecular formula is C12H22S2. The van der Waals surface area contributed by atoms with Crippen LogP contribution < -0.4 is 0 Å². The van der Waals surface area contributed by atoms with Gasteiger partial charge < -0.3 is 0 Å². The van der Waals surface area contributed by atoms with Crippen LogP contribution in [0.2, 0.25) is 0 Å². The molecule has 2 aliphatic rings. The third-order valence-electron chi connectivity index (χ3n) is 3.60. The molecule has 0 spiro atoms. The van der Waals surface area contributed by atoms with Gasteiger partial charge in [-0.1, -0.05) is 19.8 Å². The molecule has 0 saturated carbocycles. The molecule has 2 rings (SSSR count). The zero-order chi connectivity index (χ0) is 9.80. The lowest BCUT2D eigenvalue weighted by Crippen LogP contribution is -2.29. The van der Waals surface area contributed by atoms with E-state index in [2.05, 4.69) is 30.4 Å². The van der Waals surface area contributed by atoms with Crippen molar-refractivity contribution in [3.8, 4) is 0 Å². The summed E-state index contributed by atoms with van der Waals surface area (Å²) in [6.45, 7) is 2.51. The van der Waals surface area contributed by atoms with Crippen LogP contribution in [0.25, 0.3) is 0 Å². The van der Waals surface area contributed by atoms with Crippen molar-refractivity contribution in [2.24, 2.45) is 5.92 Å². The highest BCUT2D eigenvalue weighted by Gasteiger charge is 2.28. The van der Waals surface area contributed by atoms with Crippen molar-refractivity contribution in [2.45, 2.75) is 55.9 Å². The first-order valence-corrected chi connectivity index (χ1v) is 8.21. The van der Waals surface area contributed by atoms with Gasteiger partial charge in [-0.3, -0.25) is 0 Å². The maximum Gasteiger partial charge on any atom is 0.00832 e. The molecule has 2 fully saturated rings. The van der Waals surface area contributed by atoms with Crippen LogP contribution in [0.4, 0.5) is 0 Å². The van der Waals surface area contributed by atoms with Gasteiger partial charge in [0.2, 0.25) is 0 Å². The molecule has 0 aromatic carbocycles. The minimum absolute atomic E-state index is 0.964. The van der Waals surface area contributed by atoms with Gasteiger partial charge in [-0.15, -0.1) is 0 Å². The Labute approximate surface area is 97.0 Å². The quantitative estimate of drug-likeness (QED) is 0.697. The van der Waals surface area contributed by atoms with Crippen molar-refractivity contribution >= 4 is 23.5 Å². The average Bonchev–Trinajstić information content (AvgIpc) is 2.30. The predicted octanol–water partition coefficient (Wildman–Crippen LogP) is 4.19. The van der Waals surface area contributed by atoms with E-state index in [-0.39, 0.29) is 0 Å². The van der Waals surface area contributed by atoms with Gasteiger partial charge in [0.1, 0.15) is 0 Å². The molecule has 2 unspecified atom stereocenters. The molecule has 0 nitrogen and oxygen atoms in total. The van der Waals surface area contributed by atoms with Gasteiger partial charge in [-0.2, -0.15) is 23.5 Å². The number of hydrogen-bond acceptors (Lipinski definition) is 2. The monoisotopic (exact) mass is 230 g/mol. The molecule has 2 heteroatoms. The Morgan fingerprint density at radius 1 is 0.857 bits per heavy atom. The molecule has 0 aromatic heterocycles. The fraction of sp³-hybridized carbons (Fsp3) is 1.00. The van der Waals surface area contributed by atoms with Crippen LogP contribution in [0.5, 0.6) is 0 Å². The minimum atomic E-state index is 0.964. The SMILES string of the molecule is CC(C1CCCCS1)C1CCCCS1. The Morgan fingerprint density at radius 3 is 1.71 bits per heavy atom. The van der Waals surface area contributed by atoms with E-state index >= 15 is 0 Å². The molecule has 2 atom stereocenters. The van der Waals surface area contributed by atoms with E-state index in [0.717, 1.165) is 16.4 Å². The van der Waals surface area contributed by atoms with Gasteiger partial charge in [-0.25, -0.2) is 0 Å². The van der Waals surface area contributed by atoms with E-state index in [1.54, 1.807) is 0 Å². The third kappa shape index (κ3) is 2.85. The van der Waals surface area contributed by atoms with Crippen LogP contribution in [0.3, 0.4) is 0 Å². The molecule has 0 N–H and O–H groups in total. The minimum Gasteiger partial charge on any atom is -0.158 e. The van der Waals surface area contributed by atoms with E-state index in [0.29, 0.717) is 0 Å². The number of rotatable bonds is 2. The first-order valence-electron chi connectivity index (χ1n) is 6.11. The molecule has 0 aromatic rings. The van der Waals surface area contributed by atoms with E-state index < -0.39 is 0 Å². The van der Waals surface area contributed by atoms with E-state index in [1.807, 2.05) is 0 Å². The standard InChI is InChI=1S/C12H22S2/c1-10(11-6-2-4-8-13-11)12-7-3-5-9-14-12/h10-12H,2-9H2,1H3. The second kappa shape index (κ2) is 5.69. The van der Waals surface area contributed by atoms with E-state index in [4.69, 9.17) is 0 Å². The summed E-state index contributed by atoms with van der Waals surface area (Å²) >= 11 is 4.50. The van der Waals surface area contributed by atoms with Crippen LogP contribution in [-0.2, 0) is 0 Å². The molecule has 0 amide bonds. The van der Waals surface area contributed by atoms with Gasteiger partial charge in [0.15, 0.2) is 0 Å². The lowest BCUT2D eigenvalue weighted by molar-refractivity contribution is 0.454. The van der Waals surface area contributed by atoms with Gasteiger partial charge in [0.25, 0.3) is 0 Å². The Kier molecular flexibility index (Phi) is 4.55. The van der Waals surface area contributed by atoms with Gasteiger partial charge in [0.05, 0.1) is 0 Å². The van der Waals surface area contributed by atoms with Crippen molar-refractivity contribution in [1.29, 1.82) is 0 Å². The summed E-state index contributed by atoms with van der Waals surface area (Å²) in [5, 5.41) is 1.97. The first kappa shape index (κ1) is 11.2. The molecule has 0 aliphatic carbocycles. The molecule has 82 valence electrons. The third-order valence-corrected chi connectivity index (χ3v) is 6.84. The van der Waals surface area contributed by atoms with Crippen LogP contribution in [0.15, 0.2) is 0 Å².